The number of benzene rings is 1. The van der Waals surface area contributed by atoms with Gasteiger partial charge in [-0.05, 0) is 44.0 Å². The van der Waals surface area contributed by atoms with Gasteiger partial charge in [0.05, 0.1) is 16.8 Å². The molecule has 118 valence electrons. The summed E-state index contributed by atoms with van der Waals surface area (Å²) in [6.45, 7) is 4.15. The zero-order chi connectivity index (χ0) is 15.1. The first-order chi connectivity index (χ1) is 10.7. The van der Waals surface area contributed by atoms with Crippen LogP contribution in [-0.2, 0) is 6.54 Å². The van der Waals surface area contributed by atoms with Crippen LogP contribution in [0.15, 0.2) is 18.2 Å². The van der Waals surface area contributed by atoms with Crippen LogP contribution in [0.1, 0.15) is 28.9 Å². The zero-order valence-electron chi connectivity index (χ0n) is 12.4. The first-order valence-electron chi connectivity index (χ1n) is 7.87. The van der Waals surface area contributed by atoms with Crippen molar-refractivity contribution in [3.63, 3.8) is 0 Å². The molecule has 3 fully saturated rings. The number of carboxylic acid groups (broad SMARTS) is 1. The van der Waals surface area contributed by atoms with Crippen LogP contribution in [-0.4, -0.2) is 70.7 Å². The molecule has 0 radical (unpaired) electrons. The van der Waals surface area contributed by atoms with Crippen LogP contribution in [0.3, 0.4) is 0 Å². The van der Waals surface area contributed by atoms with Gasteiger partial charge >= 0.3 is 24.8 Å². The van der Waals surface area contributed by atoms with Crippen molar-refractivity contribution >= 4 is 35.7 Å². The Kier molecular flexibility index (Phi) is 4.79. The summed E-state index contributed by atoms with van der Waals surface area (Å²) < 4.78 is 0. The van der Waals surface area contributed by atoms with Crippen molar-refractivity contribution in [3.05, 3.63) is 29.5 Å². The summed E-state index contributed by atoms with van der Waals surface area (Å²) in [7, 11) is 0. The normalized spacial score (nSPS) is 26.2. The molecule has 2 aromatic rings. The molecule has 1 unspecified atom stereocenters. The van der Waals surface area contributed by atoms with Gasteiger partial charge in [0.2, 0.25) is 0 Å². The van der Waals surface area contributed by atoms with Gasteiger partial charge in [0.15, 0.2) is 0 Å². The van der Waals surface area contributed by atoms with E-state index in [9.17, 15) is 9.90 Å². The van der Waals surface area contributed by atoms with E-state index in [4.69, 9.17) is 0 Å². The molecule has 3 N–H and O–H groups in total. The van der Waals surface area contributed by atoms with Gasteiger partial charge in [0.1, 0.15) is 0 Å². The number of nitrogens with zero attached hydrogens (tertiary/aromatic N) is 2. The summed E-state index contributed by atoms with van der Waals surface area (Å²) in [6.07, 6.45) is 2.53. The van der Waals surface area contributed by atoms with Crippen molar-refractivity contribution in [3.8, 4) is 0 Å². The van der Waals surface area contributed by atoms with E-state index in [1.807, 2.05) is 6.07 Å². The third-order valence-electron chi connectivity index (χ3n) is 5.08. The van der Waals surface area contributed by atoms with E-state index in [0.717, 1.165) is 29.1 Å². The number of hydrogen-bond donors (Lipinski definition) is 3. The second-order valence-electron chi connectivity index (χ2n) is 6.33. The molecule has 6 nitrogen and oxygen atoms in total. The van der Waals surface area contributed by atoms with Crippen molar-refractivity contribution in [1.29, 1.82) is 0 Å². The number of piperidine rings is 3. The summed E-state index contributed by atoms with van der Waals surface area (Å²) >= 11 is 0. The van der Waals surface area contributed by atoms with Crippen molar-refractivity contribution in [2.24, 2.45) is 5.92 Å². The molecule has 0 amide bonds. The van der Waals surface area contributed by atoms with E-state index in [-0.39, 0.29) is 18.9 Å². The second-order valence-corrected chi connectivity index (χ2v) is 6.33. The minimum absolute atomic E-state index is 0. The fraction of sp³-hybridized carbons (Fsp3) is 0.500. The fourth-order valence-electron chi connectivity index (χ4n) is 3.87. The number of carbonyl (C=O) groups is 1. The van der Waals surface area contributed by atoms with Crippen molar-refractivity contribution < 1.29 is 9.90 Å². The molecule has 0 aliphatic carbocycles. The first-order valence-corrected chi connectivity index (χ1v) is 7.87. The number of H-pyrrole nitrogens is 1. The first kappa shape index (κ1) is 16.5. The van der Waals surface area contributed by atoms with Crippen LogP contribution < -0.4 is 5.32 Å². The van der Waals surface area contributed by atoms with Crippen LogP contribution in [0.25, 0.3) is 10.9 Å². The number of nitrogens with one attached hydrogen (secondary N) is 2. The number of rotatable bonds is 4. The number of aromatic nitrogens is 2. The second kappa shape index (κ2) is 6.66. The SMILES string of the molecule is O=C(O)c1cccc2[nH]nc(CNC3CN4CCC3CC4)c12.[LiH]. The van der Waals surface area contributed by atoms with Gasteiger partial charge in [0.25, 0.3) is 0 Å². The molecule has 0 saturated carbocycles. The molecule has 3 aliphatic heterocycles. The van der Waals surface area contributed by atoms with E-state index < -0.39 is 5.97 Å². The van der Waals surface area contributed by atoms with E-state index in [1.54, 1.807) is 12.1 Å². The maximum atomic E-state index is 11.4. The average molecular weight is 308 g/mol. The van der Waals surface area contributed by atoms with E-state index in [0.29, 0.717) is 18.2 Å². The van der Waals surface area contributed by atoms with Crippen molar-refractivity contribution in [1.82, 2.24) is 20.4 Å². The topological polar surface area (TPSA) is 81.2 Å². The third kappa shape index (κ3) is 3.04. The number of hydrogen-bond acceptors (Lipinski definition) is 4. The van der Waals surface area contributed by atoms with Crippen LogP contribution in [0.2, 0.25) is 0 Å². The summed E-state index contributed by atoms with van der Waals surface area (Å²) in [6, 6.07) is 5.74. The fourth-order valence-corrected chi connectivity index (χ4v) is 3.87. The minimum atomic E-state index is -0.906. The molecule has 1 atom stereocenters. The van der Waals surface area contributed by atoms with Gasteiger partial charge < -0.3 is 15.3 Å². The number of aromatic carboxylic acids is 1. The molecule has 23 heavy (non-hydrogen) atoms. The van der Waals surface area contributed by atoms with E-state index in [1.165, 1.54) is 25.9 Å². The summed E-state index contributed by atoms with van der Waals surface area (Å²) in [5, 5.41) is 20.9. The molecule has 0 spiro atoms. The molecule has 1 aromatic heterocycles. The van der Waals surface area contributed by atoms with Gasteiger partial charge in [-0.1, -0.05) is 6.07 Å². The standard InChI is InChI=1S/C16H20N4O2.Li.H/c21-16(22)11-2-1-3-12-15(11)13(19-18-12)8-17-14-9-20-6-4-10(14)5-7-20;;/h1-3,10,14,17H,4-9H2,(H,18,19)(H,21,22);;. The van der Waals surface area contributed by atoms with Crippen LogP contribution >= 0.6 is 0 Å². The molecular weight excluding hydrogens is 287 g/mol. The molecule has 3 aliphatic rings. The maximum absolute atomic E-state index is 11.4. The van der Waals surface area contributed by atoms with Gasteiger partial charge in [-0.2, -0.15) is 5.10 Å². The van der Waals surface area contributed by atoms with Crippen molar-refractivity contribution in [2.75, 3.05) is 19.6 Å². The molecule has 7 heteroatoms. The molecule has 5 rings (SSSR count). The Labute approximate surface area is 146 Å². The Bertz CT molecular complexity index is 709. The third-order valence-corrected chi connectivity index (χ3v) is 5.08. The predicted molar refractivity (Wildman–Crippen MR) is 90.0 cm³/mol. The Morgan fingerprint density at radius 3 is 2.83 bits per heavy atom. The van der Waals surface area contributed by atoms with Crippen LogP contribution in [0.4, 0.5) is 0 Å². The average Bonchev–Trinajstić information content (AvgIpc) is 2.97. The van der Waals surface area contributed by atoms with E-state index in [2.05, 4.69) is 20.4 Å². The number of aromatic amines is 1. The Balaban J connectivity index is 0.00000156. The van der Waals surface area contributed by atoms with Crippen LogP contribution in [0, 0.1) is 5.92 Å². The molecule has 1 aromatic carbocycles. The summed E-state index contributed by atoms with van der Waals surface area (Å²) in [4.78, 5) is 13.9. The Hall–Kier alpha value is -1.32. The van der Waals surface area contributed by atoms with Crippen LogP contribution in [0.5, 0.6) is 0 Å². The Morgan fingerprint density at radius 1 is 1.39 bits per heavy atom. The van der Waals surface area contributed by atoms with Gasteiger partial charge in [-0.15, -0.1) is 0 Å². The number of fused-ring (bicyclic) bond motifs is 4. The van der Waals surface area contributed by atoms with Gasteiger partial charge in [0, 0.05) is 24.5 Å². The summed E-state index contributed by atoms with van der Waals surface area (Å²) in [5.74, 6) is -0.162. The number of carboxylic acids is 1. The predicted octanol–water partition coefficient (Wildman–Crippen LogP) is 0.796. The molecule has 4 heterocycles. The monoisotopic (exact) mass is 308 g/mol. The zero-order valence-corrected chi connectivity index (χ0v) is 12.4. The molecular formula is C16H21LiN4O2. The van der Waals surface area contributed by atoms with Gasteiger partial charge in [-0.25, -0.2) is 4.79 Å². The molecule has 3 saturated heterocycles. The Morgan fingerprint density at radius 2 is 2.17 bits per heavy atom. The van der Waals surface area contributed by atoms with Crippen molar-refractivity contribution in [2.45, 2.75) is 25.4 Å². The van der Waals surface area contributed by atoms with Gasteiger partial charge in [-0.3, -0.25) is 5.10 Å². The summed E-state index contributed by atoms with van der Waals surface area (Å²) in [5.41, 5.74) is 1.90. The quantitative estimate of drug-likeness (QED) is 0.728. The van der Waals surface area contributed by atoms with E-state index >= 15 is 0 Å². The molecule has 2 bridgehead atoms.